The predicted octanol–water partition coefficient (Wildman–Crippen LogP) is 8.01. The number of carboxylic acid groups (broad SMARTS) is 1. The smallest absolute Gasteiger partial charge is 0.341 e. The van der Waals surface area contributed by atoms with Gasteiger partial charge in [-0.3, -0.25) is 0 Å². The second-order valence-electron chi connectivity index (χ2n) is 8.35. The molecule has 0 aromatic heterocycles. The summed E-state index contributed by atoms with van der Waals surface area (Å²) in [5, 5.41) is 9.54. The normalized spacial score (nSPS) is 11.3. The Morgan fingerprint density at radius 2 is 1.62 bits per heavy atom. The van der Waals surface area contributed by atoms with Crippen molar-refractivity contribution in [3.63, 3.8) is 0 Å². The molecule has 0 saturated heterocycles. The van der Waals surface area contributed by atoms with Gasteiger partial charge in [0.05, 0.1) is 7.11 Å². The van der Waals surface area contributed by atoms with Gasteiger partial charge in [-0.05, 0) is 82.8 Å². The number of ether oxygens (including phenoxy) is 2. The molecule has 4 rings (SSSR count). The first-order valence-corrected chi connectivity index (χ1v) is 13.1. The van der Waals surface area contributed by atoms with Crippen LogP contribution in [-0.2, 0) is 4.79 Å². The fourth-order valence-electron chi connectivity index (χ4n) is 3.91. The zero-order valence-corrected chi connectivity index (χ0v) is 22.2. The molecule has 6 heteroatoms. The number of benzene rings is 4. The van der Waals surface area contributed by atoms with E-state index in [0.29, 0.717) is 10.8 Å². The van der Waals surface area contributed by atoms with Gasteiger partial charge < -0.3 is 14.6 Å². The molecule has 0 heterocycles. The van der Waals surface area contributed by atoms with Crippen molar-refractivity contribution in [2.75, 3.05) is 19.5 Å². The quantitative estimate of drug-likeness (QED) is 0.210. The van der Waals surface area contributed by atoms with Gasteiger partial charge in [-0.25, -0.2) is 4.79 Å². The Morgan fingerprint density at radius 3 is 2.27 bits per heavy atom. The molecule has 4 aromatic carbocycles. The van der Waals surface area contributed by atoms with Gasteiger partial charge in [-0.15, -0.1) is 11.8 Å². The minimum Gasteiger partial charge on any atom is -0.497 e. The Balaban J connectivity index is 1.55. The molecule has 0 aliphatic rings. The first-order chi connectivity index (χ1) is 17.9. The van der Waals surface area contributed by atoms with E-state index < -0.39 is 5.97 Å². The highest BCUT2D eigenvalue weighted by Gasteiger charge is 2.08. The molecule has 188 valence electrons. The Kier molecular flexibility index (Phi) is 8.94. The van der Waals surface area contributed by atoms with E-state index in [2.05, 4.69) is 36.4 Å². The van der Waals surface area contributed by atoms with Crippen molar-refractivity contribution >= 4 is 34.9 Å². The molecule has 0 unspecified atom stereocenters. The second-order valence-corrected chi connectivity index (χ2v) is 9.88. The maximum atomic E-state index is 10.8. The third kappa shape index (κ3) is 7.19. The van der Waals surface area contributed by atoms with E-state index in [0.717, 1.165) is 49.8 Å². The van der Waals surface area contributed by atoms with Crippen LogP contribution in [0.5, 0.6) is 11.5 Å². The van der Waals surface area contributed by atoms with Gasteiger partial charge in [0.25, 0.3) is 0 Å². The van der Waals surface area contributed by atoms with Gasteiger partial charge in [-0.2, -0.15) is 0 Å². The fourth-order valence-corrected chi connectivity index (χ4v) is 4.90. The van der Waals surface area contributed by atoms with Crippen molar-refractivity contribution in [3.05, 3.63) is 119 Å². The molecule has 0 aliphatic heterocycles. The van der Waals surface area contributed by atoms with E-state index in [1.807, 2.05) is 67.6 Å². The summed E-state index contributed by atoms with van der Waals surface area (Å²) >= 11 is 7.86. The number of halogens is 1. The largest absolute Gasteiger partial charge is 0.497 e. The fraction of sp³-hybridized carbons (Fsp3) is 0.129. The summed E-state index contributed by atoms with van der Waals surface area (Å²) in [6.07, 6.45) is 2.22. The van der Waals surface area contributed by atoms with Crippen molar-refractivity contribution in [1.29, 1.82) is 0 Å². The van der Waals surface area contributed by atoms with E-state index in [1.54, 1.807) is 18.9 Å². The number of rotatable bonds is 10. The summed E-state index contributed by atoms with van der Waals surface area (Å²) < 4.78 is 10.7. The van der Waals surface area contributed by atoms with E-state index in [-0.39, 0.29) is 6.61 Å². The van der Waals surface area contributed by atoms with Crippen LogP contribution in [0.4, 0.5) is 0 Å². The summed E-state index contributed by atoms with van der Waals surface area (Å²) in [7, 11) is 1.67. The highest BCUT2D eigenvalue weighted by Crippen LogP contribution is 2.31. The van der Waals surface area contributed by atoms with Crippen molar-refractivity contribution in [2.45, 2.75) is 11.8 Å². The molecule has 0 amide bonds. The SMILES string of the molecule is COc1cccc(-c2ccc(/C(=C\CSc3ccc(OCC(=O)O)c(C)c3)c3ccc(Cl)cc3)cc2)c1. The standard InChI is InChI=1S/C31H27ClO4S/c1-21-18-28(14-15-30(21)36-20-31(33)34)37-17-16-29(24-10-12-26(32)13-11-24)23-8-6-22(7-9-23)25-4-3-5-27(19-25)35-2/h3-16,18-19H,17,20H2,1-2H3,(H,33,34)/b29-16+. The molecular formula is C31H27ClO4S. The summed E-state index contributed by atoms with van der Waals surface area (Å²) in [5.41, 5.74) is 6.45. The molecule has 0 radical (unpaired) electrons. The summed E-state index contributed by atoms with van der Waals surface area (Å²) in [5.74, 6) is 1.18. The van der Waals surface area contributed by atoms with Crippen LogP contribution in [0.1, 0.15) is 16.7 Å². The second kappa shape index (κ2) is 12.5. The highest BCUT2D eigenvalue weighted by atomic mass is 35.5. The molecule has 0 bridgehead atoms. The lowest BCUT2D eigenvalue weighted by Gasteiger charge is -2.12. The van der Waals surface area contributed by atoms with Crippen molar-refractivity contribution in [2.24, 2.45) is 0 Å². The van der Waals surface area contributed by atoms with E-state index in [4.69, 9.17) is 26.2 Å². The van der Waals surface area contributed by atoms with Gasteiger partial charge in [0.15, 0.2) is 6.61 Å². The maximum absolute atomic E-state index is 10.8. The lowest BCUT2D eigenvalue weighted by atomic mass is 9.95. The topological polar surface area (TPSA) is 55.8 Å². The predicted molar refractivity (Wildman–Crippen MR) is 152 cm³/mol. The first-order valence-electron chi connectivity index (χ1n) is 11.7. The molecule has 0 saturated carbocycles. The third-order valence-electron chi connectivity index (χ3n) is 5.79. The zero-order chi connectivity index (χ0) is 26.2. The molecule has 0 fully saturated rings. The summed E-state index contributed by atoms with van der Waals surface area (Å²) in [6.45, 7) is 1.57. The number of carboxylic acids is 1. The average molecular weight is 531 g/mol. The molecule has 37 heavy (non-hydrogen) atoms. The molecule has 1 N–H and O–H groups in total. The van der Waals surface area contributed by atoms with Crippen LogP contribution in [0.2, 0.25) is 5.02 Å². The number of thioether (sulfide) groups is 1. The highest BCUT2D eigenvalue weighted by molar-refractivity contribution is 7.99. The summed E-state index contributed by atoms with van der Waals surface area (Å²) in [6, 6.07) is 30.2. The van der Waals surface area contributed by atoms with Crippen LogP contribution >= 0.6 is 23.4 Å². The van der Waals surface area contributed by atoms with E-state index in [9.17, 15) is 4.79 Å². The Hall–Kier alpha value is -3.67. The van der Waals surface area contributed by atoms with E-state index in [1.165, 1.54) is 0 Å². The minimum atomic E-state index is -0.991. The van der Waals surface area contributed by atoms with Gasteiger partial charge in [0.2, 0.25) is 0 Å². The number of hydrogen-bond donors (Lipinski definition) is 1. The maximum Gasteiger partial charge on any atom is 0.341 e. The van der Waals surface area contributed by atoms with Crippen LogP contribution in [0.3, 0.4) is 0 Å². The number of aryl methyl sites for hydroxylation is 1. The number of carbonyl (C=O) groups is 1. The van der Waals surface area contributed by atoms with E-state index >= 15 is 0 Å². The average Bonchev–Trinajstić information content (AvgIpc) is 2.91. The number of aliphatic carboxylic acids is 1. The monoisotopic (exact) mass is 530 g/mol. The Morgan fingerprint density at radius 1 is 0.919 bits per heavy atom. The van der Waals surface area contributed by atoms with Crippen LogP contribution in [-0.4, -0.2) is 30.5 Å². The molecule has 0 spiro atoms. The zero-order valence-electron chi connectivity index (χ0n) is 20.6. The van der Waals surface area contributed by atoms with Gasteiger partial charge in [0.1, 0.15) is 11.5 Å². The van der Waals surface area contributed by atoms with Crippen molar-refractivity contribution < 1.29 is 19.4 Å². The Labute approximate surface area is 226 Å². The molecule has 0 aliphatic carbocycles. The van der Waals surface area contributed by atoms with Gasteiger partial charge in [-0.1, -0.05) is 66.2 Å². The first kappa shape index (κ1) is 26.4. The van der Waals surface area contributed by atoms with Gasteiger partial charge in [0, 0.05) is 15.7 Å². The third-order valence-corrected chi connectivity index (χ3v) is 6.96. The minimum absolute atomic E-state index is 0.350. The van der Waals surface area contributed by atoms with Crippen LogP contribution < -0.4 is 9.47 Å². The lowest BCUT2D eigenvalue weighted by Crippen LogP contribution is -2.09. The molecule has 0 atom stereocenters. The van der Waals surface area contributed by atoms with Crippen LogP contribution in [0.15, 0.2) is 102 Å². The molecule has 4 nitrogen and oxygen atoms in total. The lowest BCUT2D eigenvalue weighted by molar-refractivity contribution is -0.139. The van der Waals surface area contributed by atoms with Crippen molar-refractivity contribution in [3.8, 4) is 22.6 Å². The van der Waals surface area contributed by atoms with Crippen molar-refractivity contribution in [1.82, 2.24) is 0 Å². The number of hydrogen-bond acceptors (Lipinski definition) is 4. The Bertz CT molecular complexity index is 1400. The van der Waals surface area contributed by atoms with Gasteiger partial charge >= 0.3 is 5.97 Å². The van der Waals surface area contributed by atoms with Crippen LogP contribution in [0, 0.1) is 6.92 Å². The molecular weight excluding hydrogens is 504 g/mol. The summed E-state index contributed by atoms with van der Waals surface area (Å²) in [4.78, 5) is 11.9. The van der Waals surface area contributed by atoms with Crippen LogP contribution in [0.25, 0.3) is 16.7 Å². The molecule has 4 aromatic rings. The number of methoxy groups -OCH3 is 1.